The molecule has 1 amide bonds. The number of hydrogen-bond acceptors (Lipinski definition) is 4. The fraction of sp³-hybridized carbons (Fsp3) is 0.455. The van der Waals surface area contributed by atoms with Crippen LogP contribution in [-0.2, 0) is 4.74 Å². The summed E-state index contributed by atoms with van der Waals surface area (Å²) in [5, 5.41) is 4.46. The Morgan fingerprint density at radius 3 is 2.44 bits per heavy atom. The topological polar surface area (TPSA) is 53.9 Å². The second-order valence-corrected chi connectivity index (χ2v) is 8.16. The van der Waals surface area contributed by atoms with Gasteiger partial charge in [0.05, 0.1) is 5.71 Å². The van der Waals surface area contributed by atoms with Crippen LogP contribution in [0.4, 0.5) is 4.79 Å². The average Bonchev–Trinajstić information content (AvgIpc) is 2.85. The van der Waals surface area contributed by atoms with E-state index in [1.807, 2.05) is 27.0 Å². The van der Waals surface area contributed by atoms with Crippen molar-refractivity contribution in [3.8, 4) is 0 Å². The summed E-state index contributed by atoms with van der Waals surface area (Å²) >= 11 is 0. The van der Waals surface area contributed by atoms with Gasteiger partial charge < -0.3 is 9.64 Å². The lowest BCUT2D eigenvalue weighted by Gasteiger charge is -2.29. The Hall–Kier alpha value is -2.56. The molecule has 144 valence electrons. The van der Waals surface area contributed by atoms with Crippen LogP contribution in [-0.4, -0.2) is 35.4 Å². The van der Waals surface area contributed by atoms with E-state index >= 15 is 0 Å². The number of allylic oxidation sites excluding steroid dienone is 1. The molecule has 2 aliphatic heterocycles. The molecule has 5 heteroatoms. The molecule has 0 saturated carbocycles. The molecule has 1 aromatic rings. The van der Waals surface area contributed by atoms with Crippen molar-refractivity contribution in [2.75, 3.05) is 13.1 Å². The monoisotopic (exact) mass is 367 g/mol. The van der Waals surface area contributed by atoms with Crippen LogP contribution in [0.1, 0.15) is 58.1 Å². The van der Waals surface area contributed by atoms with E-state index in [4.69, 9.17) is 4.74 Å². The van der Waals surface area contributed by atoms with Gasteiger partial charge in [0.25, 0.3) is 0 Å². The molecule has 0 spiro atoms. The highest BCUT2D eigenvalue weighted by Gasteiger charge is 2.23. The summed E-state index contributed by atoms with van der Waals surface area (Å²) in [6.45, 7) is 9.07. The first-order chi connectivity index (χ1) is 12.8. The van der Waals surface area contributed by atoms with Crippen molar-refractivity contribution in [2.45, 2.75) is 52.6 Å². The number of amides is 1. The molecule has 5 nitrogen and oxygen atoms in total. The zero-order valence-corrected chi connectivity index (χ0v) is 16.7. The number of hydrogen-bond donors (Lipinski definition) is 1. The second kappa shape index (κ2) is 7.99. The minimum absolute atomic E-state index is 0.240. The van der Waals surface area contributed by atoms with Gasteiger partial charge in [0.15, 0.2) is 0 Å². The van der Waals surface area contributed by atoms with Gasteiger partial charge in [-0.2, -0.15) is 5.10 Å². The molecule has 27 heavy (non-hydrogen) atoms. The summed E-state index contributed by atoms with van der Waals surface area (Å²) in [6.07, 6.45) is 6.66. The second-order valence-electron chi connectivity index (χ2n) is 8.16. The maximum Gasteiger partial charge on any atom is 0.410 e. The predicted octanol–water partition coefficient (Wildman–Crippen LogP) is 4.70. The maximum absolute atomic E-state index is 12.2. The third kappa shape index (κ3) is 5.22. The van der Waals surface area contributed by atoms with Crippen molar-refractivity contribution in [1.82, 2.24) is 10.3 Å². The van der Waals surface area contributed by atoms with Crippen molar-refractivity contribution in [3.63, 3.8) is 0 Å². The summed E-state index contributed by atoms with van der Waals surface area (Å²) in [6, 6.07) is 8.57. The van der Waals surface area contributed by atoms with E-state index in [0.29, 0.717) is 13.1 Å². The third-order valence-corrected chi connectivity index (χ3v) is 4.72. The van der Waals surface area contributed by atoms with Gasteiger partial charge >= 0.3 is 6.09 Å². The lowest BCUT2D eigenvalue weighted by atomic mass is 9.96. The van der Waals surface area contributed by atoms with Crippen molar-refractivity contribution < 1.29 is 9.53 Å². The van der Waals surface area contributed by atoms with Crippen LogP contribution in [0.5, 0.6) is 0 Å². The molecule has 0 atom stereocenters. The highest BCUT2D eigenvalue weighted by molar-refractivity contribution is 6.01. The highest BCUT2D eigenvalue weighted by Crippen LogP contribution is 2.24. The molecular weight excluding hydrogens is 338 g/mol. The Morgan fingerprint density at radius 2 is 1.81 bits per heavy atom. The maximum atomic E-state index is 12.2. The van der Waals surface area contributed by atoms with Crippen LogP contribution < -0.4 is 5.43 Å². The SMILES string of the molecule is CC1=CNN=C(c2ccc(C3=CCN(C(=O)OC(C)(C)C)CC3)cc2)CC1. The van der Waals surface area contributed by atoms with Gasteiger partial charge in [0.2, 0.25) is 0 Å². The fourth-order valence-corrected chi connectivity index (χ4v) is 3.17. The number of rotatable bonds is 2. The van der Waals surface area contributed by atoms with Crippen LogP contribution in [0.15, 0.2) is 47.2 Å². The molecule has 1 aromatic carbocycles. The molecule has 0 unspecified atom stereocenters. The van der Waals surface area contributed by atoms with E-state index in [2.05, 4.69) is 47.8 Å². The van der Waals surface area contributed by atoms with E-state index < -0.39 is 5.60 Å². The molecule has 0 bridgehead atoms. The Bertz CT molecular complexity index is 783. The largest absolute Gasteiger partial charge is 0.444 e. The van der Waals surface area contributed by atoms with Crippen LogP contribution in [0, 0.1) is 0 Å². The molecule has 3 rings (SSSR count). The van der Waals surface area contributed by atoms with Crippen LogP contribution in [0.3, 0.4) is 0 Å². The zero-order chi connectivity index (χ0) is 19.4. The quantitative estimate of drug-likeness (QED) is 0.824. The van der Waals surface area contributed by atoms with Crippen molar-refractivity contribution in [1.29, 1.82) is 0 Å². The van der Waals surface area contributed by atoms with E-state index in [0.717, 1.165) is 30.5 Å². The minimum Gasteiger partial charge on any atom is -0.444 e. The normalized spacial score (nSPS) is 17.9. The van der Waals surface area contributed by atoms with Crippen LogP contribution in [0.2, 0.25) is 0 Å². The van der Waals surface area contributed by atoms with Gasteiger partial charge in [-0.1, -0.05) is 35.9 Å². The first-order valence-corrected chi connectivity index (χ1v) is 9.57. The van der Waals surface area contributed by atoms with Crippen LogP contribution in [0.25, 0.3) is 5.57 Å². The zero-order valence-electron chi connectivity index (χ0n) is 16.7. The smallest absolute Gasteiger partial charge is 0.410 e. The molecule has 0 fully saturated rings. The standard InChI is InChI=1S/C22H29N3O2/c1-16-5-10-20(24-23-15-16)19-8-6-17(7-9-19)18-11-13-25(14-12-18)21(26)27-22(2,3)4/h6-9,11,15,23H,5,10,12-14H2,1-4H3. The van der Waals surface area contributed by atoms with Gasteiger partial charge in [-0.05, 0) is 63.7 Å². The summed E-state index contributed by atoms with van der Waals surface area (Å²) in [4.78, 5) is 13.9. The molecule has 1 N–H and O–H groups in total. The first-order valence-electron chi connectivity index (χ1n) is 9.57. The molecule has 2 aliphatic rings. The Balaban J connectivity index is 1.63. The summed E-state index contributed by atoms with van der Waals surface area (Å²) in [5.74, 6) is 0. The summed E-state index contributed by atoms with van der Waals surface area (Å²) in [5.41, 5.74) is 8.60. The Labute approximate surface area is 161 Å². The van der Waals surface area contributed by atoms with Crippen molar-refractivity contribution in [3.05, 3.63) is 53.2 Å². The first kappa shape index (κ1) is 19.2. The number of ether oxygens (including phenoxy) is 1. The summed E-state index contributed by atoms with van der Waals surface area (Å²) in [7, 11) is 0. The third-order valence-electron chi connectivity index (χ3n) is 4.72. The number of nitrogens with one attached hydrogen (secondary N) is 1. The molecule has 0 aliphatic carbocycles. The highest BCUT2D eigenvalue weighted by atomic mass is 16.6. The van der Waals surface area contributed by atoms with Gasteiger partial charge in [-0.25, -0.2) is 4.79 Å². The number of hydrazone groups is 1. The predicted molar refractivity (Wildman–Crippen MR) is 110 cm³/mol. The van der Waals surface area contributed by atoms with Gasteiger partial charge in [-0.15, -0.1) is 0 Å². The minimum atomic E-state index is -0.458. The molecule has 0 aromatic heterocycles. The van der Waals surface area contributed by atoms with Gasteiger partial charge in [0, 0.05) is 19.3 Å². The molecule has 2 heterocycles. The lowest BCUT2D eigenvalue weighted by Crippen LogP contribution is -2.39. The summed E-state index contributed by atoms with van der Waals surface area (Å²) < 4.78 is 5.45. The Morgan fingerprint density at radius 1 is 1.11 bits per heavy atom. The van der Waals surface area contributed by atoms with E-state index in [-0.39, 0.29) is 6.09 Å². The molecule has 0 radical (unpaired) electrons. The average molecular weight is 367 g/mol. The van der Waals surface area contributed by atoms with E-state index in [1.165, 1.54) is 16.7 Å². The number of benzene rings is 1. The number of carbonyl (C=O) groups is 1. The number of carbonyl (C=O) groups excluding carboxylic acids is 1. The van der Waals surface area contributed by atoms with Gasteiger partial charge in [-0.3, -0.25) is 5.43 Å². The van der Waals surface area contributed by atoms with Crippen molar-refractivity contribution >= 4 is 17.4 Å². The molecule has 0 saturated heterocycles. The fourth-order valence-electron chi connectivity index (χ4n) is 3.17. The lowest BCUT2D eigenvalue weighted by molar-refractivity contribution is 0.0270. The number of nitrogens with zero attached hydrogens (tertiary/aromatic N) is 2. The van der Waals surface area contributed by atoms with Crippen LogP contribution >= 0.6 is 0 Å². The van der Waals surface area contributed by atoms with Gasteiger partial charge in [0.1, 0.15) is 5.60 Å². The van der Waals surface area contributed by atoms with E-state index in [1.54, 1.807) is 4.90 Å². The van der Waals surface area contributed by atoms with E-state index in [9.17, 15) is 4.79 Å². The Kier molecular flexibility index (Phi) is 5.68. The molecular formula is C22H29N3O2. The van der Waals surface area contributed by atoms with Crippen molar-refractivity contribution in [2.24, 2.45) is 5.10 Å².